The number of hydrogen-bond acceptors (Lipinski definition) is 5. The summed E-state index contributed by atoms with van der Waals surface area (Å²) in [5.74, 6) is -2.03. The molecule has 42 heavy (non-hydrogen) atoms. The van der Waals surface area contributed by atoms with Gasteiger partial charge in [0, 0.05) is 43.8 Å². The summed E-state index contributed by atoms with van der Waals surface area (Å²) in [6.07, 6.45) is 6.33. The van der Waals surface area contributed by atoms with E-state index in [-0.39, 0.29) is 35.7 Å². The molecule has 1 N–H and O–H groups in total. The number of unbranched alkanes of at least 4 members (excludes halogenated alkanes) is 3. The summed E-state index contributed by atoms with van der Waals surface area (Å²) in [4.78, 5) is 47.6. The van der Waals surface area contributed by atoms with Crippen LogP contribution < -0.4 is 4.90 Å². The minimum atomic E-state index is -1.12. The van der Waals surface area contributed by atoms with Gasteiger partial charge in [-0.1, -0.05) is 71.3 Å². The van der Waals surface area contributed by atoms with E-state index in [4.69, 9.17) is 4.74 Å². The van der Waals surface area contributed by atoms with Gasteiger partial charge in [-0.05, 0) is 42.2 Å². The summed E-state index contributed by atoms with van der Waals surface area (Å²) in [6.45, 7) is 8.79. The van der Waals surface area contributed by atoms with Crippen molar-refractivity contribution in [1.29, 1.82) is 0 Å². The second kappa shape index (κ2) is 12.7. The van der Waals surface area contributed by atoms with Crippen LogP contribution in [0.15, 0.2) is 67.8 Å². The maximum Gasteiger partial charge on any atom is 0.253 e. The molecule has 8 nitrogen and oxygen atoms in total. The van der Waals surface area contributed by atoms with Crippen molar-refractivity contribution in [1.82, 2.24) is 9.80 Å². The number of hydrogen-bond donors (Lipinski definition) is 1. The number of carbonyl (C=O) groups excluding carboxylic acids is 3. The smallest absolute Gasteiger partial charge is 0.253 e. The zero-order valence-corrected chi connectivity index (χ0v) is 25.7. The molecule has 3 aliphatic heterocycles. The minimum absolute atomic E-state index is 0.126. The molecule has 224 valence electrons. The van der Waals surface area contributed by atoms with E-state index in [0.717, 1.165) is 29.3 Å². The van der Waals surface area contributed by atoms with Crippen LogP contribution in [0.2, 0.25) is 0 Å². The third-order valence-electron chi connectivity index (χ3n) is 9.02. The fourth-order valence-corrected chi connectivity index (χ4v) is 8.10. The number of nitrogens with zero attached hydrogens (tertiary/aromatic N) is 3. The van der Waals surface area contributed by atoms with Gasteiger partial charge in [-0.3, -0.25) is 14.4 Å². The standard InChI is InChI=1S/C33H40BrN3O5/c1-4-16-35(3)30(39)26-27-31(40)37(18-10-6-7-11-19-38)29(33(27)21-25(34)28(26)42-33)32(41)36(17-5-2)24-15-14-22-12-8-9-13-23(22)20-24/h4-5,8-9,12-15,20,25-29,38H,1-2,6-7,10-11,16-19,21H2,3H3/t25?,26-,27+,28-,29?,33?/m1/s1. The molecule has 9 heteroatoms. The Labute approximate surface area is 256 Å². The zero-order chi connectivity index (χ0) is 30.0. The van der Waals surface area contributed by atoms with Crippen LogP contribution in [-0.4, -0.2) is 88.5 Å². The van der Waals surface area contributed by atoms with Gasteiger partial charge in [0.25, 0.3) is 5.91 Å². The Hall–Kier alpha value is -3.01. The average molecular weight is 639 g/mol. The minimum Gasteiger partial charge on any atom is -0.396 e. The van der Waals surface area contributed by atoms with Crippen LogP contribution >= 0.6 is 15.9 Å². The number of amides is 3. The van der Waals surface area contributed by atoms with Crippen LogP contribution in [-0.2, 0) is 19.1 Å². The first-order chi connectivity index (χ1) is 20.3. The number of anilines is 1. The van der Waals surface area contributed by atoms with E-state index < -0.39 is 29.6 Å². The first kappa shape index (κ1) is 30.4. The van der Waals surface area contributed by atoms with E-state index in [1.165, 1.54) is 0 Å². The molecule has 2 bridgehead atoms. The number of benzene rings is 2. The van der Waals surface area contributed by atoms with Crippen molar-refractivity contribution in [2.45, 2.75) is 54.7 Å². The molecule has 3 unspecified atom stereocenters. The van der Waals surface area contributed by atoms with Gasteiger partial charge in [-0.15, -0.1) is 13.2 Å². The highest BCUT2D eigenvalue weighted by atomic mass is 79.9. The van der Waals surface area contributed by atoms with E-state index in [1.54, 1.807) is 33.9 Å². The number of ether oxygens (including phenoxy) is 1. The molecule has 3 amide bonds. The Balaban J connectivity index is 1.54. The van der Waals surface area contributed by atoms with Crippen molar-refractivity contribution in [2.75, 3.05) is 38.2 Å². The number of aliphatic hydroxyl groups excluding tert-OH is 1. The number of rotatable bonds is 13. The third kappa shape index (κ3) is 5.20. The van der Waals surface area contributed by atoms with Gasteiger partial charge < -0.3 is 24.5 Å². The molecular weight excluding hydrogens is 598 g/mol. The summed E-state index contributed by atoms with van der Waals surface area (Å²) in [7, 11) is 1.71. The number of halogens is 1. The van der Waals surface area contributed by atoms with Gasteiger partial charge in [0.1, 0.15) is 11.6 Å². The summed E-state index contributed by atoms with van der Waals surface area (Å²) in [5.41, 5.74) is -0.404. The SMILES string of the molecule is C=CCN(C)C(=O)[C@H]1[C@@H]2OC3(CC2Br)C(C(=O)N(CC=C)c2ccc4ccccc4c2)N(CCCCCCO)C(=O)[C@H]13. The van der Waals surface area contributed by atoms with E-state index >= 15 is 0 Å². The summed E-state index contributed by atoms with van der Waals surface area (Å²) in [5, 5.41) is 11.3. The van der Waals surface area contributed by atoms with Crippen molar-refractivity contribution >= 4 is 50.1 Å². The van der Waals surface area contributed by atoms with Gasteiger partial charge in [0.2, 0.25) is 11.8 Å². The molecule has 1 spiro atoms. The molecule has 0 aromatic heterocycles. The highest BCUT2D eigenvalue weighted by Gasteiger charge is 2.76. The lowest BCUT2D eigenvalue weighted by molar-refractivity contribution is -0.144. The van der Waals surface area contributed by atoms with Crippen LogP contribution in [0.5, 0.6) is 0 Å². The Bertz CT molecular complexity index is 1370. The molecule has 0 radical (unpaired) electrons. The Morgan fingerprint density at radius 3 is 2.50 bits per heavy atom. The van der Waals surface area contributed by atoms with Crippen LogP contribution in [0.25, 0.3) is 10.8 Å². The lowest BCUT2D eigenvalue weighted by Gasteiger charge is -2.37. The topological polar surface area (TPSA) is 90.4 Å². The highest BCUT2D eigenvalue weighted by molar-refractivity contribution is 9.09. The monoisotopic (exact) mass is 637 g/mol. The Morgan fingerprint density at radius 1 is 1.07 bits per heavy atom. The number of alkyl halides is 1. The Kier molecular flexibility index (Phi) is 9.20. The predicted molar refractivity (Wildman–Crippen MR) is 167 cm³/mol. The van der Waals surface area contributed by atoms with Crippen LogP contribution in [0.1, 0.15) is 32.1 Å². The quantitative estimate of drug-likeness (QED) is 0.201. The van der Waals surface area contributed by atoms with Gasteiger partial charge in [-0.2, -0.15) is 0 Å². The van der Waals surface area contributed by atoms with Crippen LogP contribution in [0.4, 0.5) is 5.69 Å². The lowest BCUT2D eigenvalue weighted by Crippen LogP contribution is -2.57. The van der Waals surface area contributed by atoms with E-state index in [2.05, 4.69) is 29.1 Å². The van der Waals surface area contributed by atoms with Gasteiger partial charge >= 0.3 is 0 Å². The predicted octanol–water partition coefficient (Wildman–Crippen LogP) is 4.30. The summed E-state index contributed by atoms with van der Waals surface area (Å²) >= 11 is 3.75. The van der Waals surface area contributed by atoms with Crippen molar-refractivity contribution in [3.8, 4) is 0 Å². The van der Waals surface area contributed by atoms with E-state index in [1.807, 2.05) is 42.5 Å². The maximum absolute atomic E-state index is 14.8. The van der Waals surface area contributed by atoms with Gasteiger partial charge in [-0.25, -0.2) is 0 Å². The lowest BCUT2D eigenvalue weighted by atomic mass is 9.70. The number of aliphatic hydroxyl groups is 1. The Morgan fingerprint density at radius 2 is 1.79 bits per heavy atom. The zero-order valence-electron chi connectivity index (χ0n) is 24.2. The van der Waals surface area contributed by atoms with Gasteiger partial charge in [0.15, 0.2) is 0 Å². The number of likely N-dealkylation sites (N-methyl/N-ethyl adjacent to an activating group) is 1. The largest absolute Gasteiger partial charge is 0.396 e. The molecular formula is C33H40BrN3O5. The second-order valence-electron chi connectivity index (χ2n) is 11.6. The average Bonchev–Trinajstić information content (AvgIpc) is 3.58. The van der Waals surface area contributed by atoms with E-state index in [0.29, 0.717) is 32.4 Å². The summed E-state index contributed by atoms with van der Waals surface area (Å²) < 4.78 is 6.68. The normalized spacial score (nSPS) is 27.7. The molecule has 2 aromatic rings. The molecule has 6 atom stereocenters. The molecule has 0 saturated carbocycles. The van der Waals surface area contributed by atoms with Crippen molar-refractivity contribution in [3.05, 3.63) is 67.8 Å². The number of likely N-dealkylation sites (tertiary alicyclic amines) is 1. The number of carbonyl (C=O) groups is 3. The molecule has 3 aliphatic rings. The first-order valence-corrected chi connectivity index (χ1v) is 15.7. The van der Waals surface area contributed by atoms with Gasteiger partial charge in [0.05, 0.1) is 17.9 Å². The molecule has 3 saturated heterocycles. The molecule has 3 heterocycles. The molecule has 5 rings (SSSR count). The second-order valence-corrected chi connectivity index (χ2v) is 12.8. The first-order valence-electron chi connectivity index (χ1n) is 14.8. The fraction of sp³-hybridized carbons (Fsp3) is 0.485. The van der Waals surface area contributed by atoms with E-state index in [9.17, 15) is 19.5 Å². The van der Waals surface area contributed by atoms with Crippen molar-refractivity contribution in [2.24, 2.45) is 11.8 Å². The third-order valence-corrected chi connectivity index (χ3v) is 9.86. The van der Waals surface area contributed by atoms with Crippen molar-refractivity contribution in [3.63, 3.8) is 0 Å². The highest BCUT2D eigenvalue weighted by Crippen LogP contribution is 2.60. The molecule has 0 aliphatic carbocycles. The molecule has 3 fully saturated rings. The maximum atomic E-state index is 14.8. The van der Waals surface area contributed by atoms with Crippen LogP contribution in [0, 0.1) is 11.8 Å². The van der Waals surface area contributed by atoms with Crippen LogP contribution in [0.3, 0.4) is 0 Å². The van der Waals surface area contributed by atoms with Crippen molar-refractivity contribution < 1.29 is 24.2 Å². The summed E-state index contributed by atoms with van der Waals surface area (Å²) in [6, 6.07) is 13.0. The number of fused-ring (bicyclic) bond motifs is 2. The molecule has 2 aromatic carbocycles. The fourth-order valence-electron chi connectivity index (χ4n) is 7.16.